The van der Waals surface area contributed by atoms with Crippen LogP contribution in [0.5, 0.6) is 5.75 Å². The number of amides is 1. The average molecular weight is 341 g/mol. The summed E-state index contributed by atoms with van der Waals surface area (Å²) in [6, 6.07) is 16.6. The van der Waals surface area contributed by atoms with E-state index >= 15 is 0 Å². The summed E-state index contributed by atoms with van der Waals surface area (Å²) >= 11 is 0. The Bertz CT molecular complexity index is 703. The second-order valence-corrected chi connectivity index (χ2v) is 6.57. The van der Waals surface area contributed by atoms with Gasteiger partial charge < -0.3 is 14.8 Å². The second kappa shape index (κ2) is 8.33. The fourth-order valence-corrected chi connectivity index (χ4v) is 2.08. The van der Waals surface area contributed by atoms with E-state index in [9.17, 15) is 9.59 Å². The number of ether oxygens (including phenoxy) is 2. The molecule has 0 aliphatic rings. The van der Waals surface area contributed by atoms with Crippen LogP contribution in [-0.4, -0.2) is 24.0 Å². The number of carbonyl (C=O) groups excluding carboxylic acids is 2. The summed E-state index contributed by atoms with van der Waals surface area (Å²) in [5, 5.41) is 2.54. The van der Waals surface area contributed by atoms with Gasteiger partial charge in [0, 0.05) is 5.56 Å². The predicted octanol–water partition coefficient (Wildman–Crippen LogP) is 3.34. The standard InChI is InChI=1S/C20H23NO4/c1-20(2,3)25-18(22)13-21-19(23)16-9-11-17(12-10-16)24-14-15-7-5-4-6-8-15/h4-12H,13-14H2,1-3H3,(H,21,23). The minimum atomic E-state index is -0.570. The van der Waals surface area contributed by atoms with Crippen molar-refractivity contribution in [3.8, 4) is 5.75 Å². The average Bonchev–Trinajstić information content (AvgIpc) is 2.58. The van der Waals surface area contributed by atoms with Gasteiger partial charge in [0.25, 0.3) is 5.91 Å². The summed E-state index contributed by atoms with van der Waals surface area (Å²) in [7, 11) is 0. The van der Waals surface area contributed by atoms with Gasteiger partial charge in [0.1, 0.15) is 24.5 Å². The lowest BCUT2D eigenvalue weighted by Crippen LogP contribution is -2.34. The minimum absolute atomic E-state index is 0.164. The van der Waals surface area contributed by atoms with Gasteiger partial charge in [-0.3, -0.25) is 9.59 Å². The number of hydrogen-bond donors (Lipinski definition) is 1. The van der Waals surface area contributed by atoms with Crippen molar-refractivity contribution in [1.82, 2.24) is 5.32 Å². The van der Waals surface area contributed by atoms with Crippen LogP contribution in [0.25, 0.3) is 0 Å². The molecule has 0 aliphatic carbocycles. The van der Waals surface area contributed by atoms with Crippen molar-refractivity contribution in [2.75, 3.05) is 6.54 Å². The van der Waals surface area contributed by atoms with Crippen LogP contribution in [0.2, 0.25) is 0 Å². The molecule has 0 aromatic heterocycles. The Labute approximate surface area is 148 Å². The van der Waals surface area contributed by atoms with Crippen LogP contribution < -0.4 is 10.1 Å². The zero-order valence-corrected chi connectivity index (χ0v) is 14.7. The fraction of sp³-hybridized carbons (Fsp3) is 0.300. The molecular weight excluding hydrogens is 318 g/mol. The summed E-state index contributed by atoms with van der Waals surface area (Å²) in [5.74, 6) is -0.128. The number of esters is 1. The highest BCUT2D eigenvalue weighted by atomic mass is 16.6. The van der Waals surface area contributed by atoms with E-state index in [-0.39, 0.29) is 12.5 Å². The maximum atomic E-state index is 12.0. The molecule has 25 heavy (non-hydrogen) atoms. The molecule has 5 nitrogen and oxygen atoms in total. The Morgan fingerprint density at radius 2 is 1.60 bits per heavy atom. The Balaban J connectivity index is 1.82. The van der Waals surface area contributed by atoms with E-state index in [1.54, 1.807) is 45.0 Å². The van der Waals surface area contributed by atoms with Crippen LogP contribution in [0.1, 0.15) is 36.7 Å². The Morgan fingerprint density at radius 1 is 0.960 bits per heavy atom. The van der Waals surface area contributed by atoms with Crippen LogP contribution in [0.3, 0.4) is 0 Å². The van der Waals surface area contributed by atoms with Crippen molar-refractivity contribution < 1.29 is 19.1 Å². The second-order valence-electron chi connectivity index (χ2n) is 6.57. The molecule has 0 saturated heterocycles. The maximum absolute atomic E-state index is 12.0. The Hall–Kier alpha value is -2.82. The van der Waals surface area contributed by atoms with Gasteiger partial charge in [-0.2, -0.15) is 0 Å². The molecule has 0 unspecified atom stereocenters. The third kappa shape index (κ3) is 6.67. The summed E-state index contributed by atoms with van der Waals surface area (Å²) in [6.07, 6.45) is 0. The summed E-state index contributed by atoms with van der Waals surface area (Å²) in [4.78, 5) is 23.7. The highest BCUT2D eigenvalue weighted by molar-refractivity contribution is 5.96. The quantitative estimate of drug-likeness (QED) is 0.819. The van der Waals surface area contributed by atoms with E-state index in [1.807, 2.05) is 30.3 Å². The van der Waals surface area contributed by atoms with Crippen LogP contribution in [0, 0.1) is 0 Å². The zero-order valence-electron chi connectivity index (χ0n) is 14.7. The van der Waals surface area contributed by atoms with E-state index in [0.717, 1.165) is 5.56 Å². The molecule has 5 heteroatoms. The number of rotatable bonds is 6. The van der Waals surface area contributed by atoms with E-state index in [1.165, 1.54) is 0 Å². The number of nitrogens with one attached hydrogen (secondary N) is 1. The van der Waals surface area contributed by atoms with Crippen molar-refractivity contribution in [3.05, 3.63) is 65.7 Å². The molecule has 0 saturated carbocycles. The maximum Gasteiger partial charge on any atom is 0.325 e. The highest BCUT2D eigenvalue weighted by Crippen LogP contribution is 2.14. The zero-order chi connectivity index (χ0) is 18.3. The molecule has 0 radical (unpaired) electrons. The fourth-order valence-electron chi connectivity index (χ4n) is 2.08. The molecule has 0 aliphatic heterocycles. The van der Waals surface area contributed by atoms with E-state index in [2.05, 4.69) is 5.32 Å². The molecule has 2 aromatic rings. The molecule has 1 N–H and O–H groups in total. The van der Waals surface area contributed by atoms with Gasteiger partial charge in [-0.05, 0) is 50.6 Å². The SMILES string of the molecule is CC(C)(C)OC(=O)CNC(=O)c1ccc(OCc2ccccc2)cc1. The van der Waals surface area contributed by atoms with Crippen LogP contribution in [0.4, 0.5) is 0 Å². The first-order chi connectivity index (χ1) is 11.8. The van der Waals surface area contributed by atoms with Crippen molar-refractivity contribution in [2.45, 2.75) is 33.0 Å². The lowest BCUT2D eigenvalue weighted by atomic mass is 10.2. The van der Waals surface area contributed by atoms with Crippen molar-refractivity contribution >= 4 is 11.9 Å². The lowest BCUT2D eigenvalue weighted by molar-refractivity contribution is -0.153. The van der Waals surface area contributed by atoms with Crippen LogP contribution in [0.15, 0.2) is 54.6 Å². The number of carbonyl (C=O) groups is 2. The summed E-state index contributed by atoms with van der Waals surface area (Å²) in [6.45, 7) is 5.63. The molecule has 0 bridgehead atoms. The topological polar surface area (TPSA) is 64.6 Å². The first kappa shape index (κ1) is 18.5. The third-order valence-corrected chi connectivity index (χ3v) is 3.18. The van der Waals surface area contributed by atoms with Gasteiger partial charge in [-0.1, -0.05) is 30.3 Å². The van der Waals surface area contributed by atoms with Gasteiger partial charge >= 0.3 is 5.97 Å². The van der Waals surface area contributed by atoms with Gasteiger partial charge in [-0.25, -0.2) is 0 Å². The van der Waals surface area contributed by atoms with Crippen molar-refractivity contribution in [3.63, 3.8) is 0 Å². The number of hydrogen-bond acceptors (Lipinski definition) is 4. The summed E-state index contributed by atoms with van der Waals surface area (Å²) in [5.41, 5.74) is 0.955. The third-order valence-electron chi connectivity index (χ3n) is 3.18. The molecule has 0 fully saturated rings. The first-order valence-electron chi connectivity index (χ1n) is 8.10. The van der Waals surface area contributed by atoms with E-state index in [4.69, 9.17) is 9.47 Å². The number of benzene rings is 2. The molecule has 0 spiro atoms. The predicted molar refractivity (Wildman–Crippen MR) is 95.4 cm³/mol. The van der Waals surface area contributed by atoms with Crippen LogP contribution >= 0.6 is 0 Å². The van der Waals surface area contributed by atoms with Crippen molar-refractivity contribution in [2.24, 2.45) is 0 Å². The smallest absolute Gasteiger partial charge is 0.325 e. The molecule has 0 heterocycles. The Morgan fingerprint density at radius 3 is 2.20 bits per heavy atom. The van der Waals surface area contributed by atoms with Gasteiger partial charge in [0.2, 0.25) is 0 Å². The summed E-state index contributed by atoms with van der Waals surface area (Å²) < 4.78 is 10.8. The van der Waals surface area contributed by atoms with Gasteiger partial charge in [-0.15, -0.1) is 0 Å². The van der Waals surface area contributed by atoms with Crippen molar-refractivity contribution in [1.29, 1.82) is 0 Å². The first-order valence-corrected chi connectivity index (χ1v) is 8.10. The minimum Gasteiger partial charge on any atom is -0.489 e. The largest absolute Gasteiger partial charge is 0.489 e. The van der Waals surface area contributed by atoms with E-state index < -0.39 is 11.6 Å². The molecule has 2 aromatic carbocycles. The normalized spacial score (nSPS) is 10.8. The molecule has 2 rings (SSSR count). The Kier molecular flexibility index (Phi) is 6.17. The monoisotopic (exact) mass is 341 g/mol. The van der Waals surface area contributed by atoms with Gasteiger partial charge in [0.15, 0.2) is 0 Å². The molecule has 132 valence electrons. The van der Waals surface area contributed by atoms with E-state index in [0.29, 0.717) is 17.9 Å². The molecule has 1 amide bonds. The lowest BCUT2D eigenvalue weighted by Gasteiger charge is -2.19. The van der Waals surface area contributed by atoms with Gasteiger partial charge in [0.05, 0.1) is 0 Å². The highest BCUT2D eigenvalue weighted by Gasteiger charge is 2.17. The van der Waals surface area contributed by atoms with Crippen LogP contribution in [-0.2, 0) is 16.1 Å². The molecule has 0 atom stereocenters. The molecular formula is C20H23NO4.